The molecule has 3 fully saturated rings. The molecule has 0 aromatic rings. The Morgan fingerprint density at radius 1 is 1.09 bits per heavy atom. The Bertz CT molecular complexity index is 513. The lowest BCUT2D eigenvalue weighted by Gasteiger charge is -2.57. The highest BCUT2D eigenvalue weighted by Gasteiger charge is 2.60. The molecule has 0 radical (unpaired) electrons. The van der Waals surface area contributed by atoms with Crippen molar-refractivity contribution in [3.8, 4) is 0 Å². The third-order valence-corrected chi connectivity index (χ3v) is 7.85. The fourth-order valence-corrected chi connectivity index (χ4v) is 6.60. The number of carbonyl (C=O) groups is 1. The Hall–Kier alpha value is -0.670. The molecule has 0 heterocycles. The summed E-state index contributed by atoms with van der Waals surface area (Å²) in [5.41, 5.74) is 0.974. The van der Waals surface area contributed by atoms with Crippen LogP contribution in [0.5, 0.6) is 0 Å². The van der Waals surface area contributed by atoms with Crippen molar-refractivity contribution in [2.75, 3.05) is 0 Å². The van der Waals surface area contributed by atoms with Gasteiger partial charge in [0.05, 0.1) is 17.6 Å². The average molecular weight is 304 g/mol. The maximum atomic E-state index is 12.1. The molecule has 0 bridgehead atoms. The van der Waals surface area contributed by atoms with E-state index in [0.29, 0.717) is 17.8 Å². The van der Waals surface area contributed by atoms with Gasteiger partial charge in [-0.15, -0.1) is 0 Å². The highest BCUT2D eigenvalue weighted by atomic mass is 16.3. The van der Waals surface area contributed by atoms with Crippen LogP contribution in [-0.4, -0.2) is 28.7 Å². The molecule has 0 unspecified atom stereocenters. The van der Waals surface area contributed by atoms with E-state index < -0.39 is 0 Å². The third kappa shape index (κ3) is 1.78. The molecule has 7 atom stereocenters. The van der Waals surface area contributed by atoms with Crippen molar-refractivity contribution in [2.45, 2.75) is 70.5 Å². The van der Waals surface area contributed by atoms with Crippen LogP contribution in [-0.2, 0) is 4.79 Å². The van der Waals surface area contributed by atoms with E-state index >= 15 is 0 Å². The largest absolute Gasteiger partial charge is 0.393 e. The van der Waals surface area contributed by atoms with Gasteiger partial charge in [-0.2, -0.15) is 0 Å². The molecule has 0 spiro atoms. The van der Waals surface area contributed by atoms with Gasteiger partial charge in [0, 0.05) is 0 Å². The fourth-order valence-electron chi connectivity index (χ4n) is 6.60. The summed E-state index contributed by atoms with van der Waals surface area (Å²) in [6.07, 6.45) is 10.5. The first-order valence-electron chi connectivity index (χ1n) is 9.05. The number of hydrogen-bond acceptors (Lipinski definition) is 3. The van der Waals surface area contributed by atoms with Crippen LogP contribution >= 0.6 is 0 Å². The molecule has 4 aliphatic rings. The minimum atomic E-state index is -0.359. The van der Waals surface area contributed by atoms with Crippen molar-refractivity contribution in [3.05, 3.63) is 11.6 Å². The van der Waals surface area contributed by atoms with Crippen LogP contribution in [0.25, 0.3) is 0 Å². The summed E-state index contributed by atoms with van der Waals surface area (Å²) in [5, 5.41) is 20.4. The molecule has 4 rings (SSSR count). The second-order valence-electron chi connectivity index (χ2n) is 8.51. The SMILES string of the molecule is C[C@]12CC[C@H]3[C@@H](CCC4=C[C@@H](O)CC[C@@]43C=O)[C@@H]1CC[C@@H]2O. The number of fused-ring (bicyclic) bond motifs is 5. The number of aldehydes is 1. The zero-order valence-corrected chi connectivity index (χ0v) is 13.5. The molecule has 3 nitrogen and oxygen atoms in total. The van der Waals surface area contributed by atoms with E-state index in [1.807, 2.05) is 6.08 Å². The molecule has 0 aromatic heterocycles. The van der Waals surface area contributed by atoms with Crippen LogP contribution in [0, 0.1) is 28.6 Å². The van der Waals surface area contributed by atoms with Crippen molar-refractivity contribution in [3.63, 3.8) is 0 Å². The lowest BCUT2D eigenvalue weighted by Crippen LogP contribution is -2.53. The van der Waals surface area contributed by atoms with E-state index in [9.17, 15) is 15.0 Å². The summed E-state index contributed by atoms with van der Waals surface area (Å²) >= 11 is 0. The molecule has 0 amide bonds. The molecule has 0 aliphatic heterocycles. The molecular weight excluding hydrogens is 276 g/mol. The first-order chi connectivity index (χ1) is 10.5. The zero-order chi connectivity index (χ0) is 15.5. The Kier molecular flexibility index (Phi) is 3.32. The summed E-state index contributed by atoms with van der Waals surface area (Å²) in [4.78, 5) is 12.1. The summed E-state index contributed by atoms with van der Waals surface area (Å²) in [6, 6.07) is 0. The highest BCUT2D eigenvalue weighted by molar-refractivity contribution is 5.67. The van der Waals surface area contributed by atoms with Gasteiger partial charge >= 0.3 is 0 Å². The van der Waals surface area contributed by atoms with Crippen molar-refractivity contribution in [1.82, 2.24) is 0 Å². The standard InChI is InChI=1S/C19H28O3/c1-18-8-7-16-14(15(18)4-5-17(18)22)3-2-12-10-13(21)6-9-19(12,16)11-20/h10-11,13-17,21-22H,2-9H2,1H3/t13-,14-,15-,16-,17-,18-,19+/m0/s1. The van der Waals surface area contributed by atoms with Gasteiger partial charge < -0.3 is 15.0 Å². The van der Waals surface area contributed by atoms with Gasteiger partial charge in [0.25, 0.3) is 0 Å². The normalized spacial score (nSPS) is 54.0. The molecule has 4 aliphatic carbocycles. The summed E-state index contributed by atoms with van der Waals surface area (Å²) in [7, 11) is 0. The van der Waals surface area contributed by atoms with Crippen molar-refractivity contribution < 1.29 is 15.0 Å². The van der Waals surface area contributed by atoms with Gasteiger partial charge in [-0.05, 0) is 74.5 Å². The first kappa shape index (κ1) is 14.9. The van der Waals surface area contributed by atoms with Crippen LogP contribution in [0.3, 0.4) is 0 Å². The third-order valence-electron chi connectivity index (χ3n) is 7.85. The zero-order valence-electron chi connectivity index (χ0n) is 13.5. The van der Waals surface area contributed by atoms with Crippen LogP contribution in [0.4, 0.5) is 0 Å². The minimum Gasteiger partial charge on any atom is -0.393 e. The van der Waals surface area contributed by atoms with Gasteiger partial charge in [0.1, 0.15) is 6.29 Å². The predicted molar refractivity (Wildman–Crippen MR) is 84.1 cm³/mol. The Morgan fingerprint density at radius 3 is 2.68 bits per heavy atom. The van der Waals surface area contributed by atoms with Gasteiger partial charge in [0.2, 0.25) is 0 Å². The minimum absolute atomic E-state index is 0.0701. The lowest BCUT2D eigenvalue weighted by molar-refractivity contribution is -0.128. The molecule has 22 heavy (non-hydrogen) atoms. The number of carbonyl (C=O) groups excluding carboxylic acids is 1. The number of rotatable bonds is 1. The number of aliphatic hydroxyl groups is 2. The maximum Gasteiger partial charge on any atom is 0.130 e. The summed E-state index contributed by atoms with van der Waals surface area (Å²) in [5.74, 6) is 1.58. The van der Waals surface area contributed by atoms with Gasteiger partial charge in [-0.1, -0.05) is 18.6 Å². The molecule has 2 N–H and O–H groups in total. The fraction of sp³-hybridized carbons (Fsp3) is 0.842. The Labute approximate surface area is 132 Å². The van der Waals surface area contributed by atoms with Crippen LogP contribution in [0.15, 0.2) is 11.6 Å². The molecule has 3 heteroatoms. The molecular formula is C19H28O3. The summed E-state index contributed by atoms with van der Waals surface area (Å²) in [6.45, 7) is 2.27. The summed E-state index contributed by atoms with van der Waals surface area (Å²) < 4.78 is 0. The van der Waals surface area contributed by atoms with Crippen molar-refractivity contribution in [2.24, 2.45) is 28.6 Å². The Morgan fingerprint density at radius 2 is 1.91 bits per heavy atom. The van der Waals surface area contributed by atoms with E-state index in [4.69, 9.17) is 0 Å². The van der Waals surface area contributed by atoms with Crippen LogP contribution < -0.4 is 0 Å². The smallest absolute Gasteiger partial charge is 0.130 e. The molecule has 122 valence electrons. The number of allylic oxidation sites excluding steroid dienone is 1. The van der Waals surface area contributed by atoms with Crippen LogP contribution in [0.1, 0.15) is 58.3 Å². The molecule has 0 aromatic carbocycles. The topological polar surface area (TPSA) is 57.5 Å². The number of aliphatic hydroxyl groups excluding tert-OH is 2. The lowest BCUT2D eigenvalue weighted by atomic mass is 9.47. The first-order valence-corrected chi connectivity index (χ1v) is 9.05. The van der Waals surface area contributed by atoms with E-state index in [-0.39, 0.29) is 23.0 Å². The quantitative estimate of drug-likeness (QED) is 0.578. The van der Waals surface area contributed by atoms with Crippen molar-refractivity contribution >= 4 is 6.29 Å². The van der Waals surface area contributed by atoms with E-state index in [1.165, 1.54) is 11.9 Å². The monoisotopic (exact) mass is 304 g/mol. The maximum absolute atomic E-state index is 12.1. The molecule has 3 saturated carbocycles. The Balaban J connectivity index is 1.71. The van der Waals surface area contributed by atoms with Gasteiger partial charge in [-0.25, -0.2) is 0 Å². The second-order valence-corrected chi connectivity index (χ2v) is 8.51. The predicted octanol–water partition coefficient (Wildman–Crippen LogP) is 2.85. The van der Waals surface area contributed by atoms with E-state index in [0.717, 1.165) is 51.4 Å². The van der Waals surface area contributed by atoms with Crippen LogP contribution in [0.2, 0.25) is 0 Å². The highest BCUT2D eigenvalue weighted by Crippen LogP contribution is 2.64. The van der Waals surface area contributed by atoms with E-state index in [1.54, 1.807) is 0 Å². The second kappa shape index (κ2) is 4.91. The average Bonchev–Trinajstić information content (AvgIpc) is 2.82. The number of hydrogen-bond donors (Lipinski definition) is 2. The van der Waals surface area contributed by atoms with E-state index in [2.05, 4.69) is 6.92 Å². The van der Waals surface area contributed by atoms with Gasteiger partial charge in [-0.3, -0.25) is 0 Å². The molecule has 0 saturated heterocycles. The van der Waals surface area contributed by atoms with Crippen molar-refractivity contribution in [1.29, 1.82) is 0 Å². The van der Waals surface area contributed by atoms with Gasteiger partial charge in [0.15, 0.2) is 0 Å².